The zero-order valence-corrected chi connectivity index (χ0v) is 16.6. The summed E-state index contributed by atoms with van der Waals surface area (Å²) in [5.74, 6) is 0.309. The fourth-order valence-corrected chi connectivity index (χ4v) is 4.32. The van der Waals surface area contributed by atoms with Crippen LogP contribution in [0.1, 0.15) is 24.5 Å². The number of hydrogen-bond acceptors (Lipinski definition) is 5. The molecule has 7 nitrogen and oxygen atoms in total. The average Bonchev–Trinajstić information content (AvgIpc) is 3.03. The van der Waals surface area contributed by atoms with Crippen LogP contribution in [0, 0.1) is 0 Å². The summed E-state index contributed by atoms with van der Waals surface area (Å²) < 4.78 is 63.0. The number of halogens is 3. The molecule has 0 unspecified atom stereocenters. The van der Waals surface area contributed by atoms with Crippen LogP contribution >= 0.6 is 11.3 Å². The molecule has 150 valence electrons. The Labute approximate surface area is 155 Å². The molecular weight excluding hydrogens is 391 g/mol. The molecule has 0 saturated heterocycles. The maximum atomic E-state index is 12.5. The lowest BCUT2D eigenvalue weighted by Gasteiger charge is -2.19. The zero-order chi connectivity index (χ0) is 19.8. The van der Waals surface area contributed by atoms with Crippen LogP contribution in [0.4, 0.5) is 13.2 Å². The van der Waals surface area contributed by atoms with Gasteiger partial charge in [0, 0.05) is 45.0 Å². The molecule has 12 heteroatoms. The van der Waals surface area contributed by atoms with Crippen LogP contribution in [0.25, 0.3) is 0 Å². The molecule has 0 aliphatic rings. The molecule has 0 radical (unpaired) electrons. The molecule has 1 rings (SSSR count). The van der Waals surface area contributed by atoms with Gasteiger partial charge in [-0.05, 0) is 0 Å². The topological polar surface area (TPSA) is 86.7 Å². The van der Waals surface area contributed by atoms with Crippen LogP contribution in [0.3, 0.4) is 0 Å². The molecule has 2 N–H and O–H groups in total. The van der Waals surface area contributed by atoms with Gasteiger partial charge in [-0.15, -0.1) is 11.3 Å². The molecule has 26 heavy (non-hydrogen) atoms. The molecule has 0 aliphatic carbocycles. The first-order valence-electron chi connectivity index (χ1n) is 8.08. The lowest BCUT2D eigenvalue weighted by Crippen LogP contribution is -2.42. The average molecular weight is 416 g/mol. The minimum absolute atomic E-state index is 0.0726. The number of rotatable bonds is 9. The van der Waals surface area contributed by atoms with E-state index in [1.165, 1.54) is 11.4 Å². The number of alkyl halides is 3. The molecule has 0 amide bonds. The Kier molecular flexibility index (Phi) is 8.77. The van der Waals surface area contributed by atoms with Crippen molar-refractivity contribution in [2.45, 2.75) is 26.4 Å². The van der Waals surface area contributed by atoms with Crippen molar-refractivity contribution >= 4 is 27.3 Å². The van der Waals surface area contributed by atoms with Gasteiger partial charge in [0.15, 0.2) is 11.7 Å². The van der Waals surface area contributed by atoms with Gasteiger partial charge in [0.2, 0.25) is 10.0 Å². The maximum absolute atomic E-state index is 12.5. The van der Waals surface area contributed by atoms with Crippen LogP contribution < -0.4 is 10.6 Å². The highest BCUT2D eigenvalue weighted by Gasteiger charge is 2.33. The number of nitrogens with zero attached hydrogens (tertiary/aromatic N) is 3. The number of hydrogen-bond donors (Lipinski definition) is 2. The fraction of sp³-hybridized carbons (Fsp3) is 0.714. The van der Waals surface area contributed by atoms with Gasteiger partial charge in [0.1, 0.15) is 0 Å². The van der Waals surface area contributed by atoms with Crippen molar-refractivity contribution in [2.75, 3.05) is 39.0 Å². The summed E-state index contributed by atoms with van der Waals surface area (Å²) in [5.41, 5.74) is -0.887. The molecule has 0 aliphatic heterocycles. The van der Waals surface area contributed by atoms with Crippen LogP contribution in [0.15, 0.2) is 10.4 Å². The van der Waals surface area contributed by atoms with E-state index < -0.39 is 21.9 Å². The lowest BCUT2D eigenvalue weighted by atomic mass is 10.4. The Bertz CT molecular complexity index is 685. The molecule has 0 aromatic carbocycles. The van der Waals surface area contributed by atoms with E-state index in [-0.39, 0.29) is 12.3 Å². The van der Waals surface area contributed by atoms with Gasteiger partial charge in [0.05, 0.1) is 10.8 Å². The summed E-state index contributed by atoms with van der Waals surface area (Å²) in [6.45, 7) is 4.88. The number of guanidine groups is 1. The second kappa shape index (κ2) is 10.1. The van der Waals surface area contributed by atoms with Gasteiger partial charge in [-0.25, -0.2) is 17.7 Å². The summed E-state index contributed by atoms with van der Waals surface area (Å²) in [6.07, 6.45) is -4.13. The number of aromatic nitrogens is 1. The number of nitrogens with one attached hydrogen (secondary N) is 2. The Morgan fingerprint density at radius 3 is 2.38 bits per heavy atom. The summed E-state index contributed by atoms with van der Waals surface area (Å²) >= 11 is 0.949. The standard InChI is InChI=1S/C14H24F3N5O2S2/c1-4-22(5-2)26(23,24)9-8-20-13(18-3)19-7-6-12-21-11(10-25-12)14(15,16)17/h10H,4-9H2,1-3H3,(H2,18,19,20). The van der Waals surface area contributed by atoms with Gasteiger partial charge in [-0.1, -0.05) is 13.8 Å². The predicted octanol–water partition coefficient (Wildman–Crippen LogP) is 1.54. The summed E-state index contributed by atoms with van der Waals surface area (Å²) in [6, 6.07) is 0. The largest absolute Gasteiger partial charge is 0.434 e. The van der Waals surface area contributed by atoms with Crippen LogP contribution in [0.2, 0.25) is 0 Å². The third-order valence-corrected chi connectivity index (χ3v) is 6.38. The van der Waals surface area contributed by atoms with Gasteiger partial charge in [-0.2, -0.15) is 13.2 Å². The van der Waals surface area contributed by atoms with Crippen molar-refractivity contribution in [1.82, 2.24) is 19.9 Å². The van der Waals surface area contributed by atoms with E-state index in [1.54, 1.807) is 13.8 Å². The van der Waals surface area contributed by atoms with E-state index in [1.807, 2.05) is 0 Å². The lowest BCUT2D eigenvalue weighted by molar-refractivity contribution is -0.140. The minimum Gasteiger partial charge on any atom is -0.356 e. The van der Waals surface area contributed by atoms with E-state index in [9.17, 15) is 21.6 Å². The van der Waals surface area contributed by atoms with Crippen molar-refractivity contribution in [2.24, 2.45) is 4.99 Å². The quantitative estimate of drug-likeness (QED) is 0.472. The number of aliphatic imine (C=N–C) groups is 1. The second-order valence-corrected chi connectivity index (χ2v) is 8.23. The summed E-state index contributed by atoms with van der Waals surface area (Å²) in [7, 11) is -1.80. The van der Waals surface area contributed by atoms with Gasteiger partial charge >= 0.3 is 6.18 Å². The molecule has 0 bridgehead atoms. The van der Waals surface area contributed by atoms with Gasteiger partial charge in [0.25, 0.3) is 0 Å². The van der Waals surface area contributed by atoms with Crippen molar-refractivity contribution in [3.63, 3.8) is 0 Å². The fourth-order valence-electron chi connectivity index (χ4n) is 2.11. The molecular formula is C14H24F3N5O2S2. The van der Waals surface area contributed by atoms with E-state index in [4.69, 9.17) is 0 Å². The SMILES string of the molecule is CCN(CC)S(=O)(=O)CCNC(=NC)NCCc1nc(C(F)(F)F)cs1. The normalized spacial score (nSPS) is 13.3. The van der Waals surface area contributed by atoms with Crippen molar-refractivity contribution < 1.29 is 21.6 Å². The molecule has 0 spiro atoms. The highest BCUT2D eigenvalue weighted by Crippen LogP contribution is 2.29. The predicted molar refractivity (Wildman–Crippen MR) is 96.9 cm³/mol. The molecule has 1 heterocycles. The molecule has 0 atom stereocenters. The second-order valence-electron chi connectivity index (χ2n) is 5.20. The number of thiazole rings is 1. The van der Waals surface area contributed by atoms with Crippen LogP contribution in [-0.4, -0.2) is 62.6 Å². The van der Waals surface area contributed by atoms with Gasteiger partial charge in [-0.3, -0.25) is 4.99 Å². The Hall–Kier alpha value is -1.40. The molecule has 1 aromatic heterocycles. The van der Waals surface area contributed by atoms with E-state index in [0.717, 1.165) is 16.7 Å². The number of sulfonamides is 1. The van der Waals surface area contributed by atoms with Crippen molar-refractivity contribution in [3.05, 3.63) is 16.1 Å². The molecule has 0 fully saturated rings. The van der Waals surface area contributed by atoms with Crippen LogP contribution in [0.5, 0.6) is 0 Å². The summed E-state index contributed by atoms with van der Waals surface area (Å²) in [4.78, 5) is 7.50. The van der Waals surface area contributed by atoms with Crippen molar-refractivity contribution in [3.8, 4) is 0 Å². The van der Waals surface area contributed by atoms with E-state index in [0.29, 0.717) is 37.0 Å². The van der Waals surface area contributed by atoms with Crippen molar-refractivity contribution in [1.29, 1.82) is 0 Å². The zero-order valence-electron chi connectivity index (χ0n) is 14.9. The van der Waals surface area contributed by atoms with E-state index >= 15 is 0 Å². The summed E-state index contributed by atoms with van der Waals surface area (Å²) in [5, 5.41) is 7.16. The Balaban J connectivity index is 2.41. The monoisotopic (exact) mass is 415 g/mol. The molecule has 0 saturated carbocycles. The van der Waals surface area contributed by atoms with E-state index in [2.05, 4.69) is 20.6 Å². The smallest absolute Gasteiger partial charge is 0.356 e. The minimum atomic E-state index is -4.43. The Morgan fingerprint density at radius 2 is 1.88 bits per heavy atom. The third-order valence-electron chi connectivity index (χ3n) is 3.45. The Morgan fingerprint density at radius 1 is 1.27 bits per heavy atom. The highest BCUT2D eigenvalue weighted by molar-refractivity contribution is 7.89. The maximum Gasteiger partial charge on any atom is 0.434 e. The highest BCUT2D eigenvalue weighted by atomic mass is 32.2. The first kappa shape index (κ1) is 22.6. The first-order valence-corrected chi connectivity index (χ1v) is 10.6. The first-order chi connectivity index (χ1) is 12.1. The van der Waals surface area contributed by atoms with Gasteiger partial charge < -0.3 is 10.6 Å². The third kappa shape index (κ3) is 7.08. The molecule has 1 aromatic rings. The van der Waals surface area contributed by atoms with Crippen LogP contribution in [-0.2, 0) is 22.6 Å².